The summed E-state index contributed by atoms with van der Waals surface area (Å²) in [4.78, 5) is 0. The van der Waals surface area contributed by atoms with Crippen molar-refractivity contribution in [1.82, 2.24) is 0 Å². The molecule has 2 aliphatic heterocycles. The van der Waals surface area contributed by atoms with Gasteiger partial charge in [0.25, 0.3) is 0 Å². The fourth-order valence-corrected chi connectivity index (χ4v) is 5.61. The molecule has 2 saturated heterocycles. The van der Waals surface area contributed by atoms with Crippen LogP contribution < -0.4 is 0 Å². The SMILES string of the molecule is CCC1(COP(C)OCC2(CC)COP(C)(=O)OC2)COP(C)(=O)OC1. The average molecular weight is 432 g/mol. The molecule has 0 radical (unpaired) electrons. The minimum atomic E-state index is -2.91. The maximum absolute atomic E-state index is 11.8. The molecule has 2 rings (SSSR count). The van der Waals surface area contributed by atoms with E-state index in [0.29, 0.717) is 39.6 Å². The van der Waals surface area contributed by atoms with Gasteiger partial charge in [0.1, 0.15) is 0 Å². The van der Waals surface area contributed by atoms with Gasteiger partial charge in [-0.3, -0.25) is 9.13 Å². The van der Waals surface area contributed by atoms with Crippen LogP contribution in [0.3, 0.4) is 0 Å². The molecule has 26 heavy (non-hydrogen) atoms. The van der Waals surface area contributed by atoms with Gasteiger partial charge in [-0.1, -0.05) is 13.8 Å². The Hall–Kier alpha value is 0.650. The summed E-state index contributed by atoms with van der Waals surface area (Å²) in [6, 6.07) is 0. The summed E-state index contributed by atoms with van der Waals surface area (Å²) in [6.07, 6.45) is 1.59. The van der Waals surface area contributed by atoms with E-state index in [-0.39, 0.29) is 10.8 Å². The van der Waals surface area contributed by atoms with Crippen LogP contribution in [-0.2, 0) is 36.3 Å². The van der Waals surface area contributed by atoms with E-state index in [4.69, 9.17) is 27.1 Å². The molecule has 2 aliphatic rings. The standard InChI is InChI=1S/C15H31O8P3/c1-6-14(10-20-25(4,16)21-11-14)8-18-24(3)19-9-15(7-2)12-22-26(5,17)23-13-15/h6-13H2,1-5H3. The highest BCUT2D eigenvalue weighted by Gasteiger charge is 2.41. The maximum Gasteiger partial charge on any atom is 0.327 e. The Morgan fingerprint density at radius 3 is 1.38 bits per heavy atom. The van der Waals surface area contributed by atoms with Crippen LogP contribution in [0.2, 0.25) is 0 Å². The van der Waals surface area contributed by atoms with Crippen LogP contribution in [-0.4, -0.2) is 59.6 Å². The monoisotopic (exact) mass is 432 g/mol. The third-order valence-electron chi connectivity index (χ3n) is 5.03. The lowest BCUT2D eigenvalue weighted by atomic mass is 9.88. The summed E-state index contributed by atoms with van der Waals surface area (Å²) in [5.74, 6) is 0. The van der Waals surface area contributed by atoms with Gasteiger partial charge in [0, 0.05) is 30.8 Å². The van der Waals surface area contributed by atoms with Crippen LogP contribution in [0.5, 0.6) is 0 Å². The van der Waals surface area contributed by atoms with Crippen molar-refractivity contribution in [1.29, 1.82) is 0 Å². The van der Waals surface area contributed by atoms with Crippen LogP contribution >= 0.6 is 23.6 Å². The minimum absolute atomic E-state index is 0.307. The quantitative estimate of drug-likeness (QED) is 0.518. The summed E-state index contributed by atoms with van der Waals surface area (Å²) in [7, 11) is -6.94. The van der Waals surface area contributed by atoms with Gasteiger partial charge in [0.2, 0.25) is 0 Å². The van der Waals surface area contributed by atoms with Gasteiger partial charge in [0.05, 0.1) is 39.6 Å². The Morgan fingerprint density at radius 2 is 1.12 bits per heavy atom. The first-order chi connectivity index (χ1) is 12.1. The summed E-state index contributed by atoms with van der Waals surface area (Å²) < 4.78 is 57.0. The molecule has 0 bridgehead atoms. The second kappa shape index (κ2) is 8.98. The van der Waals surface area contributed by atoms with Gasteiger partial charge in [-0.05, 0) is 12.8 Å². The maximum atomic E-state index is 11.8. The summed E-state index contributed by atoms with van der Waals surface area (Å²) in [5.41, 5.74) is -0.615. The highest BCUT2D eigenvalue weighted by Crippen LogP contribution is 2.53. The van der Waals surface area contributed by atoms with E-state index in [0.717, 1.165) is 12.8 Å². The van der Waals surface area contributed by atoms with Gasteiger partial charge in [-0.25, -0.2) is 0 Å². The first-order valence-electron chi connectivity index (χ1n) is 8.78. The van der Waals surface area contributed by atoms with Crippen molar-refractivity contribution in [3.05, 3.63) is 0 Å². The van der Waals surface area contributed by atoms with E-state index in [1.807, 2.05) is 20.5 Å². The molecular formula is C15H31O8P3. The van der Waals surface area contributed by atoms with Crippen LogP contribution in [0.1, 0.15) is 26.7 Å². The molecule has 0 aliphatic carbocycles. The van der Waals surface area contributed by atoms with Gasteiger partial charge in [-0.15, -0.1) is 0 Å². The van der Waals surface area contributed by atoms with Crippen LogP contribution in [0, 0.1) is 10.8 Å². The van der Waals surface area contributed by atoms with Crippen molar-refractivity contribution in [2.75, 3.05) is 59.6 Å². The van der Waals surface area contributed by atoms with E-state index < -0.39 is 23.6 Å². The van der Waals surface area contributed by atoms with Crippen LogP contribution in [0.15, 0.2) is 0 Å². The molecule has 2 heterocycles. The molecule has 0 saturated carbocycles. The van der Waals surface area contributed by atoms with Crippen molar-refractivity contribution in [3.8, 4) is 0 Å². The summed E-state index contributed by atoms with van der Waals surface area (Å²) in [6.45, 7) is 11.2. The molecule has 0 spiro atoms. The molecule has 0 aromatic rings. The molecule has 0 atom stereocenters. The molecule has 2 fully saturated rings. The molecule has 8 nitrogen and oxygen atoms in total. The molecule has 0 unspecified atom stereocenters. The lowest BCUT2D eigenvalue weighted by molar-refractivity contribution is -0.0259. The lowest BCUT2D eigenvalue weighted by Gasteiger charge is -2.39. The summed E-state index contributed by atoms with van der Waals surface area (Å²) >= 11 is 0. The Balaban J connectivity index is 1.80. The fraction of sp³-hybridized carbons (Fsp3) is 1.00. The first kappa shape index (κ1) is 22.9. The molecule has 0 N–H and O–H groups in total. The predicted octanol–water partition coefficient (Wildman–Crippen LogP) is 4.49. The van der Waals surface area contributed by atoms with Crippen LogP contribution in [0.4, 0.5) is 0 Å². The number of hydrogen-bond donors (Lipinski definition) is 0. The molecule has 11 heteroatoms. The summed E-state index contributed by atoms with van der Waals surface area (Å²) in [5, 5.41) is 0. The van der Waals surface area contributed by atoms with Crippen LogP contribution in [0.25, 0.3) is 0 Å². The normalized spacial score (nSPS) is 42.5. The lowest BCUT2D eigenvalue weighted by Crippen LogP contribution is -2.39. The molecular weight excluding hydrogens is 401 g/mol. The highest BCUT2D eigenvalue weighted by molar-refractivity contribution is 7.53. The number of rotatable bonds is 8. The Labute approximate surface area is 157 Å². The predicted molar refractivity (Wildman–Crippen MR) is 101 cm³/mol. The average Bonchev–Trinajstić information content (AvgIpc) is 2.61. The van der Waals surface area contributed by atoms with Crippen molar-refractivity contribution in [2.24, 2.45) is 10.8 Å². The van der Waals surface area contributed by atoms with Crippen molar-refractivity contribution in [2.45, 2.75) is 26.7 Å². The highest BCUT2D eigenvalue weighted by atomic mass is 31.2. The van der Waals surface area contributed by atoms with Gasteiger partial charge >= 0.3 is 15.2 Å². The first-order valence-corrected chi connectivity index (χ1v) is 14.4. The van der Waals surface area contributed by atoms with E-state index in [1.165, 1.54) is 13.3 Å². The zero-order valence-corrected chi connectivity index (χ0v) is 18.9. The Kier molecular flexibility index (Phi) is 7.93. The second-order valence-corrected chi connectivity index (χ2v) is 12.8. The van der Waals surface area contributed by atoms with Crippen molar-refractivity contribution >= 4 is 23.6 Å². The molecule has 0 amide bonds. The number of hydrogen-bond acceptors (Lipinski definition) is 8. The van der Waals surface area contributed by atoms with E-state index in [2.05, 4.69) is 0 Å². The molecule has 0 aromatic carbocycles. The minimum Gasteiger partial charge on any atom is -0.333 e. The van der Waals surface area contributed by atoms with Crippen molar-refractivity contribution < 1.29 is 36.3 Å². The van der Waals surface area contributed by atoms with E-state index in [9.17, 15) is 9.13 Å². The van der Waals surface area contributed by atoms with Gasteiger partial charge in [0.15, 0.2) is 8.38 Å². The van der Waals surface area contributed by atoms with Gasteiger partial charge in [-0.2, -0.15) is 0 Å². The zero-order valence-electron chi connectivity index (χ0n) is 16.3. The van der Waals surface area contributed by atoms with E-state index >= 15 is 0 Å². The largest absolute Gasteiger partial charge is 0.333 e. The Bertz CT molecular complexity index is 497. The Morgan fingerprint density at radius 1 is 0.808 bits per heavy atom. The van der Waals surface area contributed by atoms with Gasteiger partial charge < -0.3 is 27.1 Å². The molecule has 0 aromatic heterocycles. The second-order valence-electron chi connectivity index (χ2n) is 7.33. The third-order valence-corrected chi connectivity index (χ3v) is 8.40. The topological polar surface area (TPSA) is 89.5 Å². The van der Waals surface area contributed by atoms with Crippen molar-refractivity contribution in [3.63, 3.8) is 0 Å². The van der Waals surface area contributed by atoms with E-state index in [1.54, 1.807) is 0 Å². The smallest absolute Gasteiger partial charge is 0.327 e. The third kappa shape index (κ3) is 6.34. The zero-order chi connectivity index (χ0) is 19.5. The molecule has 154 valence electrons. The fourth-order valence-electron chi connectivity index (χ4n) is 2.45.